The van der Waals surface area contributed by atoms with Crippen molar-refractivity contribution in [3.8, 4) is 11.5 Å². The van der Waals surface area contributed by atoms with Crippen LogP contribution in [0.1, 0.15) is 30.9 Å². The molecule has 1 atom stereocenters. The third-order valence-electron chi connectivity index (χ3n) is 4.93. The van der Waals surface area contributed by atoms with Gasteiger partial charge in [-0.15, -0.1) is 0 Å². The molecular formula is C26H31NO2. The molecule has 0 aliphatic heterocycles. The molecule has 0 amide bonds. The van der Waals surface area contributed by atoms with Crippen molar-refractivity contribution in [1.82, 2.24) is 0 Å². The monoisotopic (exact) mass is 389 g/mol. The first-order chi connectivity index (χ1) is 14.2. The summed E-state index contributed by atoms with van der Waals surface area (Å²) in [5.74, 6) is 1.85. The number of rotatable bonds is 11. The van der Waals surface area contributed by atoms with E-state index >= 15 is 0 Å². The van der Waals surface area contributed by atoms with Gasteiger partial charge in [0, 0.05) is 11.8 Å². The summed E-state index contributed by atoms with van der Waals surface area (Å²) in [6, 6.07) is 26.8. The normalized spacial score (nSPS) is 11.7. The zero-order valence-corrected chi connectivity index (χ0v) is 17.4. The molecule has 3 heteroatoms. The smallest absolute Gasteiger partial charge is 0.122 e. The quantitative estimate of drug-likeness (QED) is 0.392. The molecule has 0 aliphatic rings. The fourth-order valence-corrected chi connectivity index (χ4v) is 3.18. The van der Waals surface area contributed by atoms with Crippen LogP contribution in [0.3, 0.4) is 0 Å². The maximum atomic E-state index is 6.17. The molecule has 0 saturated carbocycles. The van der Waals surface area contributed by atoms with Crippen molar-refractivity contribution < 1.29 is 9.47 Å². The van der Waals surface area contributed by atoms with Gasteiger partial charge in [-0.2, -0.15) is 0 Å². The van der Waals surface area contributed by atoms with E-state index in [1.807, 2.05) is 36.4 Å². The van der Waals surface area contributed by atoms with Crippen LogP contribution in [0.5, 0.6) is 11.5 Å². The second-order valence-corrected chi connectivity index (χ2v) is 7.26. The average molecular weight is 390 g/mol. The molecule has 0 aliphatic carbocycles. The van der Waals surface area contributed by atoms with Gasteiger partial charge in [0.2, 0.25) is 0 Å². The van der Waals surface area contributed by atoms with E-state index in [0.29, 0.717) is 6.61 Å². The largest absolute Gasteiger partial charge is 0.494 e. The second-order valence-electron chi connectivity index (χ2n) is 7.26. The van der Waals surface area contributed by atoms with Gasteiger partial charge in [0.15, 0.2) is 0 Å². The van der Waals surface area contributed by atoms with Crippen LogP contribution in [-0.4, -0.2) is 19.3 Å². The topological polar surface area (TPSA) is 30.5 Å². The minimum atomic E-state index is 0.117. The lowest BCUT2D eigenvalue weighted by Crippen LogP contribution is -2.25. The maximum absolute atomic E-state index is 6.17. The Morgan fingerprint density at radius 2 is 1.69 bits per heavy atom. The highest BCUT2D eigenvalue weighted by atomic mass is 16.5. The molecule has 3 aromatic carbocycles. The number of nitrogens with one attached hydrogen (secondary N) is 1. The molecule has 3 rings (SSSR count). The molecule has 1 unspecified atom stereocenters. The lowest BCUT2D eigenvalue weighted by atomic mass is 10.1. The fourth-order valence-electron chi connectivity index (χ4n) is 3.18. The van der Waals surface area contributed by atoms with Crippen molar-refractivity contribution in [2.24, 2.45) is 0 Å². The van der Waals surface area contributed by atoms with Crippen molar-refractivity contribution in [1.29, 1.82) is 0 Å². The van der Waals surface area contributed by atoms with Crippen LogP contribution >= 0.6 is 0 Å². The Hall–Kier alpha value is -2.94. The summed E-state index contributed by atoms with van der Waals surface area (Å²) in [5, 5.41) is 3.49. The third kappa shape index (κ3) is 6.86. The number of benzene rings is 3. The molecule has 0 aromatic heterocycles. The number of hydrogen-bond donors (Lipinski definition) is 1. The van der Waals surface area contributed by atoms with E-state index < -0.39 is 0 Å². The molecule has 3 nitrogen and oxygen atoms in total. The van der Waals surface area contributed by atoms with E-state index in [9.17, 15) is 0 Å². The SMILES string of the molecule is CCC(CNc1cccc(OCCCc2ccccc2)c1)Oc1ccccc1C. The molecule has 0 heterocycles. The Bertz CT molecular complexity index is 863. The highest BCUT2D eigenvalue weighted by Crippen LogP contribution is 2.21. The summed E-state index contributed by atoms with van der Waals surface area (Å²) in [6.45, 7) is 5.69. The number of aryl methyl sites for hydroxylation is 2. The van der Waals surface area contributed by atoms with Gasteiger partial charge in [0.05, 0.1) is 13.2 Å². The van der Waals surface area contributed by atoms with Gasteiger partial charge in [-0.3, -0.25) is 0 Å². The summed E-state index contributed by atoms with van der Waals surface area (Å²) < 4.78 is 12.1. The van der Waals surface area contributed by atoms with Gasteiger partial charge in [0.1, 0.15) is 17.6 Å². The molecule has 0 fully saturated rings. The van der Waals surface area contributed by atoms with E-state index in [-0.39, 0.29) is 6.10 Å². The summed E-state index contributed by atoms with van der Waals surface area (Å²) in [7, 11) is 0. The lowest BCUT2D eigenvalue weighted by Gasteiger charge is -2.20. The van der Waals surface area contributed by atoms with Gasteiger partial charge < -0.3 is 14.8 Å². The van der Waals surface area contributed by atoms with E-state index in [1.165, 1.54) is 5.56 Å². The molecule has 29 heavy (non-hydrogen) atoms. The van der Waals surface area contributed by atoms with Crippen LogP contribution < -0.4 is 14.8 Å². The van der Waals surface area contributed by atoms with E-state index in [0.717, 1.165) is 48.6 Å². The van der Waals surface area contributed by atoms with Crippen molar-refractivity contribution in [2.75, 3.05) is 18.5 Å². The number of hydrogen-bond acceptors (Lipinski definition) is 3. The van der Waals surface area contributed by atoms with Gasteiger partial charge in [0.25, 0.3) is 0 Å². The van der Waals surface area contributed by atoms with E-state index in [2.05, 4.69) is 61.6 Å². The second kappa shape index (κ2) is 11.2. The third-order valence-corrected chi connectivity index (χ3v) is 4.93. The summed E-state index contributed by atoms with van der Waals surface area (Å²) in [6.07, 6.45) is 3.10. The fraction of sp³-hybridized carbons (Fsp3) is 0.308. The van der Waals surface area contributed by atoms with Crippen molar-refractivity contribution in [3.05, 3.63) is 90.0 Å². The number of anilines is 1. The van der Waals surface area contributed by atoms with Crippen molar-refractivity contribution >= 4 is 5.69 Å². The minimum absolute atomic E-state index is 0.117. The maximum Gasteiger partial charge on any atom is 0.122 e. The first-order valence-corrected chi connectivity index (χ1v) is 10.5. The predicted octanol–water partition coefficient (Wildman–Crippen LogP) is 6.28. The summed E-state index contributed by atoms with van der Waals surface area (Å²) >= 11 is 0. The predicted molar refractivity (Wildman–Crippen MR) is 121 cm³/mol. The number of para-hydroxylation sites is 1. The molecular weight excluding hydrogens is 358 g/mol. The van der Waals surface area contributed by atoms with Gasteiger partial charge in [-0.1, -0.05) is 61.5 Å². The standard InChI is InChI=1S/C26H31NO2/c1-3-24(29-26-17-8-7-11-21(26)2)20-27-23-15-9-16-25(19-23)28-18-10-14-22-12-5-4-6-13-22/h4-9,11-13,15-17,19,24,27H,3,10,14,18,20H2,1-2H3. The molecule has 0 bridgehead atoms. The van der Waals surface area contributed by atoms with E-state index in [1.54, 1.807) is 0 Å². The van der Waals surface area contributed by atoms with E-state index in [4.69, 9.17) is 9.47 Å². The lowest BCUT2D eigenvalue weighted by molar-refractivity contribution is 0.208. The Labute approximate surface area is 174 Å². The Kier molecular flexibility index (Phi) is 8.00. The first-order valence-electron chi connectivity index (χ1n) is 10.5. The summed E-state index contributed by atoms with van der Waals surface area (Å²) in [4.78, 5) is 0. The zero-order valence-electron chi connectivity index (χ0n) is 17.4. The minimum Gasteiger partial charge on any atom is -0.494 e. The summed E-state index contributed by atoms with van der Waals surface area (Å²) in [5.41, 5.74) is 3.57. The number of ether oxygens (including phenoxy) is 2. The average Bonchev–Trinajstić information content (AvgIpc) is 2.76. The Balaban J connectivity index is 1.45. The van der Waals surface area contributed by atoms with Crippen LogP contribution in [0, 0.1) is 6.92 Å². The molecule has 3 aromatic rings. The van der Waals surface area contributed by atoms with Gasteiger partial charge >= 0.3 is 0 Å². The first kappa shape index (κ1) is 20.8. The van der Waals surface area contributed by atoms with Crippen LogP contribution in [0.2, 0.25) is 0 Å². The highest BCUT2D eigenvalue weighted by Gasteiger charge is 2.10. The molecule has 0 radical (unpaired) electrons. The van der Waals surface area contributed by atoms with Crippen molar-refractivity contribution in [3.63, 3.8) is 0 Å². The van der Waals surface area contributed by atoms with Crippen LogP contribution in [-0.2, 0) is 6.42 Å². The van der Waals surface area contributed by atoms with Crippen LogP contribution in [0.25, 0.3) is 0 Å². The molecule has 0 spiro atoms. The molecule has 152 valence electrons. The van der Waals surface area contributed by atoms with Crippen LogP contribution in [0.15, 0.2) is 78.9 Å². The highest BCUT2D eigenvalue weighted by molar-refractivity contribution is 5.48. The van der Waals surface area contributed by atoms with Gasteiger partial charge in [-0.25, -0.2) is 0 Å². The van der Waals surface area contributed by atoms with Crippen LogP contribution in [0.4, 0.5) is 5.69 Å². The Morgan fingerprint density at radius 3 is 2.48 bits per heavy atom. The molecule has 0 saturated heterocycles. The zero-order chi connectivity index (χ0) is 20.3. The van der Waals surface area contributed by atoms with Crippen molar-refractivity contribution in [2.45, 2.75) is 39.2 Å². The van der Waals surface area contributed by atoms with Gasteiger partial charge in [-0.05, 0) is 55.5 Å². The Morgan fingerprint density at radius 1 is 0.897 bits per heavy atom. The molecule has 1 N–H and O–H groups in total.